The van der Waals surface area contributed by atoms with Crippen LogP contribution in [0.3, 0.4) is 0 Å². The van der Waals surface area contributed by atoms with E-state index in [-0.39, 0.29) is 12.6 Å². The van der Waals surface area contributed by atoms with E-state index >= 15 is 0 Å². The van der Waals surface area contributed by atoms with Crippen molar-refractivity contribution in [2.45, 2.75) is 45.6 Å². The standard InChI is InChI=1S/C14H24NO4PS/c1-6-18-20(16,15-11(3)4)19-13-10-12(5)8-9-14(13)21(17)7-2/h8-11H,6-7H2,1-5H3,(H,15,16). The van der Waals surface area contributed by atoms with Crippen LogP contribution in [-0.4, -0.2) is 22.6 Å². The quantitative estimate of drug-likeness (QED) is 0.736. The van der Waals surface area contributed by atoms with Gasteiger partial charge in [0.1, 0.15) is 5.75 Å². The fourth-order valence-electron chi connectivity index (χ4n) is 1.74. The van der Waals surface area contributed by atoms with Crippen LogP contribution < -0.4 is 9.61 Å². The molecular formula is C14H24NO4PS. The Bertz CT molecular complexity index is 548. The van der Waals surface area contributed by atoms with Crippen molar-refractivity contribution in [3.63, 3.8) is 0 Å². The lowest BCUT2D eigenvalue weighted by molar-refractivity contribution is 0.264. The Kier molecular flexibility index (Phi) is 7.07. The molecule has 120 valence electrons. The van der Waals surface area contributed by atoms with Gasteiger partial charge in [-0.1, -0.05) is 13.0 Å². The van der Waals surface area contributed by atoms with Crippen LogP contribution >= 0.6 is 7.75 Å². The highest BCUT2D eigenvalue weighted by Gasteiger charge is 2.28. The van der Waals surface area contributed by atoms with E-state index in [9.17, 15) is 8.77 Å². The Hall–Kier alpha value is -0.680. The number of nitrogens with one attached hydrogen (secondary N) is 1. The molecule has 7 heteroatoms. The first kappa shape index (κ1) is 18.4. The lowest BCUT2D eigenvalue weighted by Crippen LogP contribution is -2.24. The van der Waals surface area contributed by atoms with Gasteiger partial charge in [-0.05, 0) is 45.4 Å². The van der Waals surface area contributed by atoms with E-state index in [1.54, 1.807) is 19.1 Å². The molecular weight excluding hydrogens is 309 g/mol. The second kappa shape index (κ2) is 8.08. The molecule has 0 saturated heterocycles. The number of benzene rings is 1. The van der Waals surface area contributed by atoms with Crippen molar-refractivity contribution in [1.29, 1.82) is 0 Å². The van der Waals surface area contributed by atoms with Crippen molar-refractivity contribution in [2.75, 3.05) is 12.4 Å². The van der Waals surface area contributed by atoms with Crippen LogP contribution in [-0.2, 0) is 19.9 Å². The van der Waals surface area contributed by atoms with Crippen LogP contribution in [0.2, 0.25) is 0 Å². The van der Waals surface area contributed by atoms with Crippen LogP contribution in [0.5, 0.6) is 5.75 Å². The first-order valence-corrected chi connectivity index (χ1v) is 9.88. The molecule has 0 heterocycles. The molecule has 5 nitrogen and oxygen atoms in total. The summed E-state index contributed by atoms with van der Waals surface area (Å²) in [6.07, 6.45) is 0. The van der Waals surface area contributed by atoms with Gasteiger partial charge in [-0.3, -0.25) is 8.73 Å². The van der Waals surface area contributed by atoms with Gasteiger partial charge in [0.15, 0.2) is 0 Å². The summed E-state index contributed by atoms with van der Waals surface area (Å²) in [6, 6.07) is 5.27. The van der Waals surface area contributed by atoms with Gasteiger partial charge in [-0.2, -0.15) is 0 Å². The highest BCUT2D eigenvalue weighted by molar-refractivity contribution is 7.85. The Balaban J connectivity index is 3.16. The third-order valence-corrected chi connectivity index (χ3v) is 5.76. The Morgan fingerprint density at radius 2 is 2.00 bits per heavy atom. The molecule has 1 rings (SSSR count). The average Bonchev–Trinajstić information content (AvgIpc) is 2.37. The monoisotopic (exact) mass is 333 g/mol. The highest BCUT2D eigenvalue weighted by atomic mass is 32.2. The maximum Gasteiger partial charge on any atom is 0.458 e. The second-order valence-corrected chi connectivity index (χ2v) is 8.28. The van der Waals surface area contributed by atoms with Crippen molar-refractivity contribution in [2.24, 2.45) is 0 Å². The zero-order valence-electron chi connectivity index (χ0n) is 13.2. The second-order valence-electron chi connectivity index (χ2n) is 4.87. The molecule has 1 aromatic rings. The van der Waals surface area contributed by atoms with Gasteiger partial charge in [0, 0.05) is 11.8 Å². The van der Waals surface area contributed by atoms with Crippen LogP contribution in [0.4, 0.5) is 0 Å². The average molecular weight is 333 g/mol. The minimum atomic E-state index is -3.48. The molecule has 21 heavy (non-hydrogen) atoms. The first-order chi connectivity index (χ1) is 9.81. The van der Waals surface area contributed by atoms with Gasteiger partial charge >= 0.3 is 7.75 Å². The summed E-state index contributed by atoms with van der Waals surface area (Å²) >= 11 is 0. The Morgan fingerprint density at radius 1 is 1.33 bits per heavy atom. The van der Waals surface area contributed by atoms with Crippen molar-refractivity contribution in [3.05, 3.63) is 23.8 Å². The lowest BCUT2D eigenvalue weighted by Gasteiger charge is -2.22. The molecule has 2 atom stereocenters. The molecule has 0 bridgehead atoms. The highest BCUT2D eigenvalue weighted by Crippen LogP contribution is 2.46. The summed E-state index contributed by atoms with van der Waals surface area (Å²) < 4.78 is 35.7. The van der Waals surface area contributed by atoms with Gasteiger partial charge in [-0.25, -0.2) is 9.65 Å². The number of aryl methyl sites for hydroxylation is 1. The van der Waals surface area contributed by atoms with E-state index in [0.29, 0.717) is 16.4 Å². The number of hydrogen-bond acceptors (Lipinski definition) is 4. The Labute approximate surface area is 129 Å². The predicted molar refractivity (Wildman–Crippen MR) is 86.3 cm³/mol. The number of hydrogen-bond donors (Lipinski definition) is 1. The molecule has 0 radical (unpaired) electrons. The smallest absolute Gasteiger partial charge is 0.412 e. The lowest BCUT2D eigenvalue weighted by atomic mass is 10.2. The Morgan fingerprint density at radius 3 is 2.52 bits per heavy atom. The van der Waals surface area contributed by atoms with E-state index in [1.165, 1.54) is 0 Å². The zero-order chi connectivity index (χ0) is 16.0. The maximum atomic E-state index is 12.7. The molecule has 2 unspecified atom stereocenters. The van der Waals surface area contributed by atoms with Crippen molar-refractivity contribution in [1.82, 2.24) is 5.09 Å². The molecule has 0 aromatic heterocycles. The van der Waals surface area contributed by atoms with Gasteiger partial charge < -0.3 is 4.52 Å². The van der Waals surface area contributed by atoms with Gasteiger partial charge in [-0.15, -0.1) is 0 Å². The summed E-state index contributed by atoms with van der Waals surface area (Å²) in [4.78, 5) is 0.536. The largest absolute Gasteiger partial charge is 0.458 e. The summed E-state index contributed by atoms with van der Waals surface area (Å²) in [6.45, 7) is 9.45. The fraction of sp³-hybridized carbons (Fsp3) is 0.571. The predicted octanol–water partition coefficient (Wildman–Crippen LogP) is 3.64. The molecule has 1 aromatic carbocycles. The van der Waals surface area contributed by atoms with E-state index < -0.39 is 18.5 Å². The van der Waals surface area contributed by atoms with Crippen LogP contribution in [0.1, 0.15) is 33.3 Å². The summed E-state index contributed by atoms with van der Waals surface area (Å²) in [5, 5.41) is 2.82. The molecule has 0 saturated carbocycles. The molecule has 0 fully saturated rings. The van der Waals surface area contributed by atoms with Crippen molar-refractivity contribution >= 4 is 18.5 Å². The first-order valence-electron chi connectivity index (χ1n) is 7.02. The van der Waals surface area contributed by atoms with Crippen molar-refractivity contribution in [3.8, 4) is 5.75 Å². The molecule has 0 aliphatic heterocycles. The molecule has 0 spiro atoms. The van der Waals surface area contributed by atoms with E-state index in [0.717, 1.165) is 5.56 Å². The summed E-state index contributed by atoms with van der Waals surface area (Å²) in [5.74, 6) is 0.816. The normalized spacial score (nSPS) is 15.7. The van der Waals surface area contributed by atoms with Crippen molar-refractivity contribution < 1.29 is 17.8 Å². The summed E-state index contributed by atoms with van der Waals surface area (Å²) in [5.41, 5.74) is 0.939. The third kappa shape index (κ3) is 5.55. The maximum absolute atomic E-state index is 12.7. The van der Waals surface area contributed by atoms with Gasteiger partial charge in [0.05, 0.1) is 22.3 Å². The van der Waals surface area contributed by atoms with Gasteiger partial charge in [0.2, 0.25) is 0 Å². The van der Waals surface area contributed by atoms with Crippen LogP contribution in [0.15, 0.2) is 23.1 Å². The molecule has 1 N–H and O–H groups in total. The van der Waals surface area contributed by atoms with Crippen LogP contribution in [0.25, 0.3) is 0 Å². The topological polar surface area (TPSA) is 64.6 Å². The summed E-state index contributed by atoms with van der Waals surface area (Å²) in [7, 11) is -4.67. The minimum Gasteiger partial charge on any atom is -0.412 e. The van der Waals surface area contributed by atoms with E-state index in [1.807, 2.05) is 33.8 Å². The van der Waals surface area contributed by atoms with Gasteiger partial charge in [0.25, 0.3) is 0 Å². The minimum absolute atomic E-state index is 0.0627. The van der Waals surface area contributed by atoms with E-state index in [2.05, 4.69) is 5.09 Å². The number of rotatable bonds is 8. The fourth-order valence-corrected chi connectivity index (χ4v) is 4.22. The molecule has 0 aliphatic rings. The van der Waals surface area contributed by atoms with E-state index in [4.69, 9.17) is 9.05 Å². The molecule has 0 amide bonds. The van der Waals surface area contributed by atoms with Crippen LogP contribution in [0, 0.1) is 6.92 Å². The SMILES string of the molecule is CCOP(=O)(NC(C)C)Oc1cc(C)ccc1S(=O)CC. The molecule has 0 aliphatic carbocycles. The zero-order valence-corrected chi connectivity index (χ0v) is 14.9. The third-order valence-electron chi connectivity index (χ3n) is 2.54.